The number of carbonyl (C=O) groups is 1. The van der Waals surface area contributed by atoms with Crippen molar-refractivity contribution in [1.29, 1.82) is 0 Å². The fourth-order valence-corrected chi connectivity index (χ4v) is 1.64. The molecular formula is C13H21ClN2O3. The van der Waals surface area contributed by atoms with Crippen molar-refractivity contribution in [1.82, 2.24) is 4.90 Å². The molecule has 0 saturated heterocycles. The summed E-state index contributed by atoms with van der Waals surface area (Å²) < 4.78 is 10.4. The molecule has 5 nitrogen and oxygen atoms in total. The molecule has 0 aliphatic rings. The lowest BCUT2D eigenvalue weighted by Crippen LogP contribution is -2.28. The van der Waals surface area contributed by atoms with Crippen LogP contribution in [0.15, 0.2) is 18.2 Å². The van der Waals surface area contributed by atoms with Crippen molar-refractivity contribution >= 4 is 18.3 Å². The standard InChI is InChI=1S/C13H20N2O3.ClH/c1-15(13(16)6-7-14)9-10-4-5-11(17-2)8-12(10)18-3;/h4-5,8H,6-7,9,14H2,1-3H3;1H. The molecule has 0 aliphatic carbocycles. The van der Waals surface area contributed by atoms with Gasteiger partial charge in [-0.1, -0.05) is 0 Å². The fourth-order valence-electron chi connectivity index (χ4n) is 1.64. The van der Waals surface area contributed by atoms with Gasteiger partial charge in [-0.25, -0.2) is 0 Å². The van der Waals surface area contributed by atoms with Gasteiger partial charge in [0.1, 0.15) is 11.5 Å². The van der Waals surface area contributed by atoms with Crippen LogP contribution < -0.4 is 15.2 Å². The van der Waals surface area contributed by atoms with Crippen molar-refractivity contribution in [3.63, 3.8) is 0 Å². The van der Waals surface area contributed by atoms with E-state index in [2.05, 4.69) is 0 Å². The minimum atomic E-state index is 0. The molecule has 1 aromatic rings. The summed E-state index contributed by atoms with van der Waals surface area (Å²) >= 11 is 0. The van der Waals surface area contributed by atoms with Gasteiger partial charge in [0.05, 0.1) is 14.2 Å². The topological polar surface area (TPSA) is 64.8 Å². The molecule has 1 amide bonds. The first-order valence-corrected chi connectivity index (χ1v) is 5.77. The summed E-state index contributed by atoms with van der Waals surface area (Å²) in [4.78, 5) is 13.3. The van der Waals surface area contributed by atoms with Crippen LogP contribution in [-0.4, -0.2) is 38.6 Å². The second-order valence-corrected chi connectivity index (χ2v) is 3.97. The molecular weight excluding hydrogens is 268 g/mol. The highest BCUT2D eigenvalue weighted by Gasteiger charge is 2.11. The van der Waals surface area contributed by atoms with Gasteiger partial charge in [0.25, 0.3) is 0 Å². The highest BCUT2D eigenvalue weighted by molar-refractivity contribution is 5.85. The minimum absolute atomic E-state index is 0. The van der Waals surface area contributed by atoms with Crippen LogP contribution in [0.3, 0.4) is 0 Å². The van der Waals surface area contributed by atoms with Crippen molar-refractivity contribution in [3.05, 3.63) is 23.8 Å². The molecule has 1 aromatic carbocycles. The van der Waals surface area contributed by atoms with Crippen LogP contribution in [0.5, 0.6) is 11.5 Å². The number of benzene rings is 1. The zero-order valence-corrected chi connectivity index (χ0v) is 12.3. The molecule has 0 aromatic heterocycles. The smallest absolute Gasteiger partial charge is 0.223 e. The molecule has 1 rings (SSSR count). The van der Waals surface area contributed by atoms with E-state index < -0.39 is 0 Å². The van der Waals surface area contributed by atoms with Gasteiger partial charge in [-0.15, -0.1) is 12.4 Å². The fraction of sp³-hybridized carbons (Fsp3) is 0.462. The maximum Gasteiger partial charge on any atom is 0.223 e. The number of ether oxygens (including phenoxy) is 2. The van der Waals surface area contributed by atoms with Crippen molar-refractivity contribution in [2.75, 3.05) is 27.8 Å². The van der Waals surface area contributed by atoms with Gasteiger partial charge in [0.2, 0.25) is 5.91 Å². The van der Waals surface area contributed by atoms with Crippen LogP contribution in [0.4, 0.5) is 0 Å². The summed E-state index contributed by atoms with van der Waals surface area (Å²) in [5, 5.41) is 0. The van der Waals surface area contributed by atoms with Gasteiger partial charge in [0.15, 0.2) is 0 Å². The second-order valence-electron chi connectivity index (χ2n) is 3.97. The number of nitrogens with two attached hydrogens (primary N) is 1. The maximum atomic E-state index is 11.7. The van der Waals surface area contributed by atoms with Gasteiger partial charge >= 0.3 is 0 Å². The number of methoxy groups -OCH3 is 2. The van der Waals surface area contributed by atoms with Gasteiger partial charge in [-0.3, -0.25) is 4.79 Å². The minimum Gasteiger partial charge on any atom is -0.497 e. The van der Waals surface area contributed by atoms with E-state index in [9.17, 15) is 4.79 Å². The van der Waals surface area contributed by atoms with Gasteiger partial charge in [-0.2, -0.15) is 0 Å². The first-order valence-electron chi connectivity index (χ1n) is 5.77. The summed E-state index contributed by atoms with van der Waals surface area (Å²) in [6, 6.07) is 5.54. The highest BCUT2D eigenvalue weighted by Crippen LogP contribution is 2.25. The molecule has 0 fully saturated rings. The average molecular weight is 289 g/mol. The lowest BCUT2D eigenvalue weighted by atomic mass is 10.1. The third-order valence-electron chi connectivity index (χ3n) is 2.69. The van der Waals surface area contributed by atoms with E-state index >= 15 is 0 Å². The lowest BCUT2D eigenvalue weighted by Gasteiger charge is -2.19. The number of rotatable bonds is 6. The van der Waals surface area contributed by atoms with Gasteiger partial charge < -0.3 is 20.1 Å². The number of nitrogens with zero attached hydrogens (tertiary/aromatic N) is 1. The van der Waals surface area contributed by atoms with E-state index in [1.807, 2.05) is 12.1 Å². The van der Waals surface area contributed by atoms with Crippen LogP contribution in [-0.2, 0) is 11.3 Å². The van der Waals surface area contributed by atoms with E-state index in [1.54, 1.807) is 32.2 Å². The third kappa shape index (κ3) is 4.96. The largest absolute Gasteiger partial charge is 0.497 e. The maximum absolute atomic E-state index is 11.7. The molecule has 0 bridgehead atoms. The summed E-state index contributed by atoms with van der Waals surface area (Å²) in [6.07, 6.45) is 0.356. The average Bonchev–Trinajstić information content (AvgIpc) is 2.39. The zero-order chi connectivity index (χ0) is 13.5. The van der Waals surface area contributed by atoms with Crippen LogP contribution in [0, 0.1) is 0 Å². The van der Waals surface area contributed by atoms with Gasteiger partial charge in [0, 0.05) is 38.2 Å². The Morgan fingerprint density at radius 1 is 1.32 bits per heavy atom. The number of halogens is 1. The summed E-state index contributed by atoms with van der Waals surface area (Å²) in [5.74, 6) is 1.46. The number of hydrogen-bond donors (Lipinski definition) is 1. The van der Waals surface area contributed by atoms with Crippen LogP contribution in [0.1, 0.15) is 12.0 Å². The molecule has 0 unspecified atom stereocenters. The van der Waals surface area contributed by atoms with Crippen LogP contribution in [0.25, 0.3) is 0 Å². The number of hydrogen-bond acceptors (Lipinski definition) is 4. The molecule has 0 radical (unpaired) electrons. The van der Waals surface area contributed by atoms with Crippen molar-refractivity contribution in [2.45, 2.75) is 13.0 Å². The number of amides is 1. The Morgan fingerprint density at radius 2 is 2.00 bits per heavy atom. The summed E-state index contributed by atoms with van der Waals surface area (Å²) in [7, 11) is 4.95. The lowest BCUT2D eigenvalue weighted by molar-refractivity contribution is -0.130. The van der Waals surface area contributed by atoms with Gasteiger partial charge in [-0.05, 0) is 12.1 Å². The molecule has 0 heterocycles. The van der Waals surface area contributed by atoms with Crippen molar-refractivity contribution in [2.24, 2.45) is 5.73 Å². The van der Waals surface area contributed by atoms with Crippen LogP contribution >= 0.6 is 12.4 Å². The monoisotopic (exact) mass is 288 g/mol. The van der Waals surface area contributed by atoms with E-state index in [0.717, 1.165) is 11.3 Å². The van der Waals surface area contributed by atoms with E-state index in [-0.39, 0.29) is 18.3 Å². The number of carbonyl (C=O) groups excluding carboxylic acids is 1. The Labute approximate surface area is 120 Å². The summed E-state index contributed by atoms with van der Waals surface area (Å²) in [6.45, 7) is 0.856. The van der Waals surface area contributed by atoms with E-state index in [4.69, 9.17) is 15.2 Å². The van der Waals surface area contributed by atoms with E-state index in [0.29, 0.717) is 25.3 Å². The van der Waals surface area contributed by atoms with E-state index in [1.165, 1.54) is 0 Å². The first-order chi connectivity index (χ1) is 8.62. The van der Waals surface area contributed by atoms with Crippen molar-refractivity contribution < 1.29 is 14.3 Å². The molecule has 0 atom stereocenters. The normalized spacial score (nSPS) is 9.47. The molecule has 2 N–H and O–H groups in total. The predicted molar refractivity (Wildman–Crippen MR) is 76.9 cm³/mol. The predicted octanol–water partition coefficient (Wildman–Crippen LogP) is 1.43. The Bertz CT molecular complexity index is 413. The second kappa shape index (κ2) is 8.61. The highest BCUT2D eigenvalue weighted by atomic mass is 35.5. The molecule has 19 heavy (non-hydrogen) atoms. The molecule has 0 saturated carbocycles. The molecule has 0 spiro atoms. The molecule has 6 heteroatoms. The molecule has 108 valence electrons. The van der Waals surface area contributed by atoms with Crippen molar-refractivity contribution in [3.8, 4) is 11.5 Å². The summed E-state index contributed by atoms with van der Waals surface area (Å²) in [5.41, 5.74) is 6.30. The SMILES string of the molecule is COc1ccc(CN(C)C(=O)CCN)c(OC)c1.Cl. The first kappa shape index (κ1) is 17.5. The zero-order valence-electron chi connectivity index (χ0n) is 11.5. The Balaban J connectivity index is 0.00000324. The van der Waals surface area contributed by atoms with Crippen LogP contribution in [0.2, 0.25) is 0 Å². The quantitative estimate of drug-likeness (QED) is 0.860. The Hall–Kier alpha value is -1.46. The Kier molecular flexibility index (Phi) is 7.95. The molecule has 0 aliphatic heterocycles. The third-order valence-corrected chi connectivity index (χ3v) is 2.69. The Morgan fingerprint density at radius 3 is 2.53 bits per heavy atom.